The fraction of sp³-hybridized carbons (Fsp3) is 0.846. The molecule has 0 N–H and O–H groups in total. The first-order valence-corrected chi connectivity index (χ1v) is 7.38. The van der Waals surface area contributed by atoms with Crippen molar-refractivity contribution in [2.75, 3.05) is 6.61 Å². The molecule has 2 rings (SSSR count). The Bertz CT molecular complexity index is 361. The summed E-state index contributed by atoms with van der Waals surface area (Å²) in [5, 5.41) is 8.50. The molecule has 0 bridgehead atoms. The van der Waals surface area contributed by atoms with Crippen LogP contribution in [0.15, 0.2) is 0 Å². The fourth-order valence-electron chi connectivity index (χ4n) is 2.49. The lowest BCUT2D eigenvalue weighted by Gasteiger charge is -2.22. The van der Waals surface area contributed by atoms with E-state index in [4.69, 9.17) is 16.3 Å². The molecule has 1 aromatic rings. The summed E-state index contributed by atoms with van der Waals surface area (Å²) in [6.07, 6.45) is 8.80. The first-order valence-electron chi connectivity index (χ1n) is 7.00. The Hall–Kier alpha value is -0.610. The lowest BCUT2D eigenvalue weighted by Crippen LogP contribution is -2.20. The van der Waals surface area contributed by atoms with Crippen molar-refractivity contribution in [3.8, 4) is 0 Å². The van der Waals surface area contributed by atoms with Gasteiger partial charge in [-0.3, -0.25) is 4.57 Å². The number of hydrogen-bond donors (Lipinski definition) is 0. The van der Waals surface area contributed by atoms with Crippen molar-refractivity contribution in [3.63, 3.8) is 0 Å². The van der Waals surface area contributed by atoms with Gasteiger partial charge in [0.1, 0.15) is 5.82 Å². The number of aromatic nitrogens is 3. The lowest BCUT2D eigenvalue weighted by atomic mass is 9.98. The predicted molar refractivity (Wildman–Crippen MR) is 71.9 cm³/mol. The highest BCUT2D eigenvalue weighted by atomic mass is 35.5. The van der Waals surface area contributed by atoms with Gasteiger partial charge in [-0.05, 0) is 30.9 Å². The van der Waals surface area contributed by atoms with Gasteiger partial charge in [0.2, 0.25) is 5.28 Å². The van der Waals surface area contributed by atoms with Crippen molar-refractivity contribution in [2.24, 2.45) is 0 Å². The molecule has 1 heterocycles. The SMILES string of the molecule is CCCc1nnc(Cl)n1CCOC1CCCCC1. The quantitative estimate of drug-likeness (QED) is 0.797. The maximum absolute atomic E-state index is 6.04. The number of halogens is 1. The van der Waals surface area contributed by atoms with Gasteiger partial charge in [0.25, 0.3) is 0 Å². The molecule has 18 heavy (non-hydrogen) atoms. The van der Waals surface area contributed by atoms with E-state index in [0.717, 1.165) is 25.2 Å². The van der Waals surface area contributed by atoms with Gasteiger partial charge in [0.15, 0.2) is 0 Å². The Morgan fingerprint density at radius 3 is 2.78 bits per heavy atom. The van der Waals surface area contributed by atoms with Crippen molar-refractivity contribution in [3.05, 3.63) is 11.1 Å². The lowest BCUT2D eigenvalue weighted by molar-refractivity contribution is 0.0238. The minimum atomic E-state index is 0.448. The molecule has 0 saturated heterocycles. The summed E-state index contributed by atoms with van der Waals surface area (Å²) in [5.41, 5.74) is 0. The molecular weight excluding hydrogens is 250 g/mol. The Morgan fingerprint density at radius 1 is 1.28 bits per heavy atom. The van der Waals surface area contributed by atoms with Gasteiger partial charge < -0.3 is 4.74 Å². The smallest absolute Gasteiger partial charge is 0.225 e. The summed E-state index contributed by atoms with van der Waals surface area (Å²) in [5.74, 6) is 0.967. The van der Waals surface area contributed by atoms with Crippen molar-refractivity contribution in [2.45, 2.75) is 64.5 Å². The van der Waals surface area contributed by atoms with Crippen molar-refractivity contribution in [1.29, 1.82) is 0 Å². The monoisotopic (exact) mass is 271 g/mol. The third-order valence-electron chi connectivity index (χ3n) is 3.48. The fourth-order valence-corrected chi connectivity index (χ4v) is 2.71. The maximum atomic E-state index is 6.04. The van der Waals surface area contributed by atoms with Crippen molar-refractivity contribution < 1.29 is 4.74 Å². The summed E-state index contributed by atoms with van der Waals surface area (Å²) in [4.78, 5) is 0. The third-order valence-corrected chi connectivity index (χ3v) is 3.76. The molecule has 102 valence electrons. The van der Waals surface area contributed by atoms with E-state index in [-0.39, 0.29) is 0 Å². The number of aryl methyl sites for hydroxylation is 1. The van der Waals surface area contributed by atoms with Crippen molar-refractivity contribution in [1.82, 2.24) is 14.8 Å². The maximum Gasteiger partial charge on any atom is 0.225 e. The first-order chi connectivity index (χ1) is 8.81. The summed E-state index contributed by atoms with van der Waals surface area (Å²) >= 11 is 6.04. The van der Waals surface area contributed by atoms with E-state index in [1.54, 1.807) is 0 Å². The van der Waals surface area contributed by atoms with Crippen LogP contribution in [0.25, 0.3) is 0 Å². The Balaban J connectivity index is 1.80. The predicted octanol–water partition coefficient (Wildman–Crippen LogP) is 3.23. The molecule has 0 amide bonds. The molecule has 0 atom stereocenters. The van der Waals surface area contributed by atoms with Gasteiger partial charge in [-0.25, -0.2) is 0 Å². The zero-order valence-corrected chi connectivity index (χ0v) is 11.8. The van der Waals surface area contributed by atoms with Crippen LogP contribution in [0.3, 0.4) is 0 Å². The molecular formula is C13H22ClN3O. The van der Waals surface area contributed by atoms with E-state index in [0.29, 0.717) is 18.0 Å². The topological polar surface area (TPSA) is 39.9 Å². The number of ether oxygens (including phenoxy) is 1. The summed E-state index contributed by atoms with van der Waals surface area (Å²) in [6.45, 7) is 3.60. The molecule has 4 nitrogen and oxygen atoms in total. The van der Waals surface area contributed by atoms with Gasteiger partial charge in [0, 0.05) is 6.42 Å². The van der Waals surface area contributed by atoms with E-state index in [1.807, 2.05) is 4.57 Å². The Kier molecular flexibility index (Phi) is 5.45. The van der Waals surface area contributed by atoms with Crippen LogP contribution in [0.4, 0.5) is 0 Å². The largest absolute Gasteiger partial charge is 0.376 e. The number of hydrogen-bond acceptors (Lipinski definition) is 3. The van der Waals surface area contributed by atoms with E-state index in [2.05, 4.69) is 17.1 Å². The van der Waals surface area contributed by atoms with Gasteiger partial charge in [0.05, 0.1) is 19.3 Å². The highest BCUT2D eigenvalue weighted by Crippen LogP contribution is 2.20. The molecule has 0 radical (unpaired) electrons. The molecule has 0 spiro atoms. The molecule has 0 unspecified atom stereocenters. The number of nitrogens with zero attached hydrogens (tertiary/aromatic N) is 3. The molecule has 1 fully saturated rings. The second-order valence-electron chi connectivity index (χ2n) is 4.92. The van der Waals surface area contributed by atoms with Crippen LogP contribution in [0.5, 0.6) is 0 Å². The average Bonchev–Trinajstić information content (AvgIpc) is 2.73. The van der Waals surface area contributed by atoms with E-state index in [9.17, 15) is 0 Å². The first kappa shape index (κ1) is 13.8. The zero-order valence-electron chi connectivity index (χ0n) is 11.1. The molecule has 5 heteroatoms. The van der Waals surface area contributed by atoms with Crippen LogP contribution in [0, 0.1) is 0 Å². The third kappa shape index (κ3) is 3.69. The molecule has 1 aliphatic rings. The normalized spacial score (nSPS) is 17.2. The van der Waals surface area contributed by atoms with Crippen LogP contribution in [0.2, 0.25) is 5.28 Å². The standard InChI is InChI=1S/C13H22ClN3O/c1-2-6-12-15-16-13(14)17(12)9-10-18-11-7-4-3-5-8-11/h11H,2-10H2,1H3. The zero-order chi connectivity index (χ0) is 12.8. The highest BCUT2D eigenvalue weighted by molar-refractivity contribution is 6.28. The molecule has 1 aliphatic carbocycles. The highest BCUT2D eigenvalue weighted by Gasteiger charge is 2.14. The summed E-state index contributed by atoms with van der Waals surface area (Å²) in [7, 11) is 0. The molecule has 0 aliphatic heterocycles. The molecule has 0 aromatic carbocycles. The minimum Gasteiger partial charge on any atom is -0.376 e. The van der Waals surface area contributed by atoms with Gasteiger partial charge in [-0.15, -0.1) is 10.2 Å². The Morgan fingerprint density at radius 2 is 2.06 bits per heavy atom. The summed E-state index contributed by atoms with van der Waals surface area (Å²) in [6, 6.07) is 0. The van der Waals surface area contributed by atoms with E-state index >= 15 is 0 Å². The van der Waals surface area contributed by atoms with E-state index < -0.39 is 0 Å². The van der Waals surface area contributed by atoms with Gasteiger partial charge in [-0.1, -0.05) is 26.2 Å². The second kappa shape index (κ2) is 7.10. The van der Waals surface area contributed by atoms with Crippen LogP contribution >= 0.6 is 11.6 Å². The average molecular weight is 272 g/mol. The van der Waals surface area contributed by atoms with Crippen LogP contribution in [-0.4, -0.2) is 27.5 Å². The molecule has 1 aromatic heterocycles. The van der Waals surface area contributed by atoms with Crippen LogP contribution < -0.4 is 0 Å². The van der Waals surface area contributed by atoms with Crippen LogP contribution in [-0.2, 0) is 17.7 Å². The number of rotatable bonds is 6. The van der Waals surface area contributed by atoms with E-state index in [1.165, 1.54) is 32.1 Å². The van der Waals surface area contributed by atoms with Gasteiger partial charge >= 0.3 is 0 Å². The summed E-state index contributed by atoms with van der Waals surface area (Å²) < 4.78 is 7.88. The second-order valence-corrected chi connectivity index (χ2v) is 5.26. The van der Waals surface area contributed by atoms with Crippen LogP contribution in [0.1, 0.15) is 51.3 Å². The van der Waals surface area contributed by atoms with Crippen molar-refractivity contribution >= 4 is 11.6 Å². The molecule has 1 saturated carbocycles. The van der Waals surface area contributed by atoms with Gasteiger partial charge in [-0.2, -0.15) is 0 Å². The Labute approximate surface area is 114 Å². The minimum absolute atomic E-state index is 0.448.